The molecule has 0 aliphatic carbocycles. The minimum atomic E-state index is -1.28. The van der Waals surface area contributed by atoms with Gasteiger partial charge in [0.1, 0.15) is 0 Å². The van der Waals surface area contributed by atoms with Crippen LogP contribution in [-0.2, 0) is 4.12 Å². The lowest BCUT2D eigenvalue weighted by atomic mass is 10.1. The molecule has 5 heteroatoms. The molecule has 0 spiro atoms. The smallest absolute Gasteiger partial charge is 0.170 e. The summed E-state index contributed by atoms with van der Waals surface area (Å²) in [6.07, 6.45) is 7.29. The molecule has 0 fully saturated rings. The van der Waals surface area contributed by atoms with Crippen LogP contribution in [-0.4, -0.2) is 23.5 Å². The van der Waals surface area contributed by atoms with E-state index in [0.717, 1.165) is 6.42 Å². The number of nitrogens with two attached hydrogens (primary N) is 2. The highest BCUT2D eigenvalue weighted by Gasteiger charge is 2.18. The van der Waals surface area contributed by atoms with E-state index in [0.29, 0.717) is 0 Å². The van der Waals surface area contributed by atoms with Crippen molar-refractivity contribution in [3.63, 3.8) is 0 Å². The summed E-state index contributed by atoms with van der Waals surface area (Å²) in [6.45, 7) is 9.19. The van der Waals surface area contributed by atoms with E-state index in [1.807, 2.05) is 0 Å². The third-order valence-corrected chi connectivity index (χ3v) is 8.36. The van der Waals surface area contributed by atoms with Gasteiger partial charge in [-0.15, -0.1) is 0 Å². The van der Waals surface area contributed by atoms with E-state index >= 15 is 0 Å². The summed E-state index contributed by atoms with van der Waals surface area (Å²) >= 11 is 0. The maximum atomic E-state index is 6.14. The van der Waals surface area contributed by atoms with Gasteiger partial charge < -0.3 is 15.6 Å². The second kappa shape index (κ2) is 9.27. The van der Waals surface area contributed by atoms with E-state index in [4.69, 9.17) is 15.6 Å². The Bertz CT molecular complexity index is 184. The number of unbranched alkanes of at least 4 members (excludes halogenated alkanes) is 4. The highest BCUT2D eigenvalue weighted by atomic mass is 28.4. The van der Waals surface area contributed by atoms with Crippen molar-refractivity contribution in [3.8, 4) is 0 Å². The molecule has 0 aromatic carbocycles. The molecule has 1 unspecified atom stereocenters. The highest BCUT2D eigenvalue weighted by molar-refractivity contribution is 6.77. The summed E-state index contributed by atoms with van der Waals surface area (Å²) in [6, 6.07) is 1.33. The van der Waals surface area contributed by atoms with Gasteiger partial charge in [0, 0.05) is 0 Å². The fourth-order valence-corrected chi connectivity index (χ4v) is 8.17. The molecule has 1 atom stereocenters. The molecule has 0 bridgehead atoms. The fraction of sp³-hybridized carbons (Fsp3) is 1.00. The van der Waals surface area contributed by atoms with Gasteiger partial charge in [0.25, 0.3) is 0 Å². The van der Waals surface area contributed by atoms with Crippen molar-refractivity contribution in [1.29, 1.82) is 0 Å². The monoisotopic (exact) mass is 276 g/mol. The summed E-state index contributed by atoms with van der Waals surface area (Å²) in [4.78, 5) is 0. The normalized spacial score (nSPS) is 14.3. The van der Waals surface area contributed by atoms with Crippen LogP contribution in [0.15, 0.2) is 0 Å². The van der Waals surface area contributed by atoms with E-state index in [-0.39, 0.29) is 6.17 Å². The first kappa shape index (κ1) is 17.3. The summed E-state index contributed by atoms with van der Waals surface area (Å²) in [7, 11) is -2.16. The van der Waals surface area contributed by atoms with Crippen molar-refractivity contribution in [3.05, 3.63) is 0 Å². The average molecular weight is 277 g/mol. The van der Waals surface area contributed by atoms with Crippen LogP contribution in [0.5, 0.6) is 0 Å². The van der Waals surface area contributed by atoms with Crippen LogP contribution in [0, 0.1) is 0 Å². The lowest BCUT2D eigenvalue weighted by molar-refractivity contribution is 0.541. The molecule has 0 saturated heterocycles. The Balaban J connectivity index is 3.28. The molecular weight excluding hydrogens is 244 g/mol. The summed E-state index contributed by atoms with van der Waals surface area (Å²) in [5.74, 6) is 0. The quantitative estimate of drug-likeness (QED) is 0.366. The molecule has 0 aliphatic rings. The van der Waals surface area contributed by atoms with Crippen LogP contribution in [0.1, 0.15) is 38.5 Å². The Morgan fingerprint density at radius 2 is 1.53 bits per heavy atom. The van der Waals surface area contributed by atoms with Gasteiger partial charge in [-0.05, 0) is 38.7 Å². The number of rotatable bonds is 10. The van der Waals surface area contributed by atoms with Gasteiger partial charge in [-0.3, -0.25) is 0 Å². The van der Waals surface area contributed by atoms with E-state index < -0.39 is 17.4 Å². The Labute approximate surface area is 110 Å². The standard InChI is InChI=1S/C12H32N2OSi2/c1-16(15-17(2,3)4)11-9-7-5-6-8-10-12(13)14/h12,16H,5-11,13-14H2,1-4H3. The van der Waals surface area contributed by atoms with Gasteiger partial charge in [-0.25, -0.2) is 0 Å². The minimum absolute atomic E-state index is 0.118. The van der Waals surface area contributed by atoms with Crippen molar-refractivity contribution in [2.45, 2.75) is 76.9 Å². The molecule has 104 valence electrons. The summed E-state index contributed by atoms with van der Waals surface area (Å²) < 4.78 is 6.14. The molecule has 0 rings (SSSR count). The highest BCUT2D eigenvalue weighted by Crippen LogP contribution is 2.13. The Kier molecular flexibility index (Phi) is 9.44. The maximum Gasteiger partial charge on any atom is 0.170 e. The molecular formula is C12H32N2OSi2. The molecule has 4 N–H and O–H groups in total. The van der Waals surface area contributed by atoms with E-state index in [9.17, 15) is 0 Å². The molecule has 3 nitrogen and oxygen atoms in total. The third kappa shape index (κ3) is 14.3. The molecule has 0 saturated carbocycles. The topological polar surface area (TPSA) is 61.3 Å². The Hall–Kier alpha value is 0.314. The minimum Gasteiger partial charge on any atom is -0.458 e. The second-order valence-electron chi connectivity index (χ2n) is 6.05. The zero-order valence-corrected chi connectivity index (χ0v) is 14.3. The van der Waals surface area contributed by atoms with Crippen molar-refractivity contribution in [1.82, 2.24) is 0 Å². The van der Waals surface area contributed by atoms with E-state index in [1.165, 1.54) is 38.1 Å². The first-order chi connectivity index (χ1) is 7.81. The molecule has 17 heavy (non-hydrogen) atoms. The molecule has 0 heterocycles. The first-order valence-corrected chi connectivity index (χ1v) is 12.9. The zero-order chi connectivity index (χ0) is 13.3. The largest absolute Gasteiger partial charge is 0.458 e. The van der Waals surface area contributed by atoms with Crippen LogP contribution in [0.2, 0.25) is 32.2 Å². The van der Waals surface area contributed by atoms with Crippen LogP contribution in [0.3, 0.4) is 0 Å². The maximum absolute atomic E-state index is 6.14. The summed E-state index contributed by atoms with van der Waals surface area (Å²) in [5, 5.41) is 0. The zero-order valence-electron chi connectivity index (χ0n) is 12.2. The van der Waals surface area contributed by atoms with Crippen molar-refractivity contribution in [2.75, 3.05) is 0 Å². The Morgan fingerprint density at radius 1 is 1.00 bits per heavy atom. The van der Waals surface area contributed by atoms with Gasteiger partial charge in [0.15, 0.2) is 17.4 Å². The first-order valence-electron chi connectivity index (χ1n) is 7.00. The second-order valence-corrected chi connectivity index (χ2v) is 13.4. The molecule has 0 aromatic rings. The van der Waals surface area contributed by atoms with Gasteiger partial charge in [0.2, 0.25) is 0 Å². The van der Waals surface area contributed by atoms with Crippen LogP contribution < -0.4 is 11.5 Å². The number of hydrogen-bond donors (Lipinski definition) is 2. The Morgan fingerprint density at radius 3 is 2.06 bits per heavy atom. The van der Waals surface area contributed by atoms with Crippen molar-refractivity contribution < 1.29 is 4.12 Å². The van der Waals surface area contributed by atoms with Crippen LogP contribution in [0.25, 0.3) is 0 Å². The molecule has 0 aromatic heterocycles. The average Bonchev–Trinajstić information content (AvgIpc) is 2.12. The fourth-order valence-electron chi connectivity index (χ4n) is 2.00. The van der Waals surface area contributed by atoms with E-state index in [2.05, 4.69) is 26.2 Å². The van der Waals surface area contributed by atoms with Crippen LogP contribution >= 0.6 is 0 Å². The molecule has 0 aliphatic heterocycles. The molecule has 0 amide bonds. The van der Waals surface area contributed by atoms with Gasteiger partial charge in [-0.1, -0.05) is 32.1 Å². The van der Waals surface area contributed by atoms with Crippen molar-refractivity contribution in [2.24, 2.45) is 11.5 Å². The predicted molar refractivity (Wildman–Crippen MR) is 82.1 cm³/mol. The van der Waals surface area contributed by atoms with Gasteiger partial charge in [0.05, 0.1) is 6.17 Å². The lowest BCUT2D eigenvalue weighted by Crippen LogP contribution is -2.32. The van der Waals surface area contributed by atoms with Crippen molar-refractivity contribution >= 4 is 17.4 Å². The summed E-state index contributed by atoms with van der Waals surface area (Å²) in [5.41, 5.74) is 11.0. The molecule has 0 radical (unpaired) electrons. The van der Waals surface area contributed by atoms with E-state index in [1.54, 1.807) is 0 Å². The van der Waals surface area contributed by atoms with Crippen LogP contribution in [0.4, 0.5) is 0 Å². The van der Waals surface area contributed by atoms with Gasteiger partial charge >= 0.3 is 0 Å². The van der Waals surface area contributed by atoms with Gasteiger partial charge in [-0.2, -0.15) is 0 Å². The SMILES string of the molecule is C[SiH](CCCCCCCC(N)N)O[Si](C)(C)C. The lowest BCUT2D eigenvalue weighted by Gasteiger charge is -2.22. The third-order valence-electron chi connectivity index (χ3n) is 2.70. The number of hydrogen-bond acceptors (Lipinski definition) is 3. The predicted octanol–water partition coefficient (Wildman–Crippen LogP) is 2.78.